The summed E-state index contributed by atoms with van der Waals surface area (Å²) in [5.41, 5.74) is 0. The van der Waals surface area contributed by atoms with Crippen molar-refractivity contribution >= 4 is 11.8 Å². The van der Waals surface area contributed by atoms with E-state index < -0.39 is 0 Å². The molecule has 2 aliphatic rings. The number of likely N-dealkylation sites (N-methyl/N-ethyl adjacent to an activating group) is 1. The van der Waals surface area contributed by atoms with E-state index in [-0.39, 0.29) is 11.8 Å². The maximum atomic E-state index is 12.1. The third kappa shape index (κ3) is 3.22. The number of nitrogens with zero attached hydrogens (tertiary/aromatic N) is 2. The molecule has 5 nitrogen and oxygen atoms in total. The smallest absolute Gasteiger partial charge is 0.224 e. The van der Waals surface area contributed by atoms with E-state index in [1.165, 1.54) is 0 Å². The van der Waals surface area contributed by atoms with Gasteiger partial charge in [0.15, 0.2) is 0 Å². The average molecular weight is 253 g/mol. The highest BCUT2D eigenvalue weighted by Crippen LogP contribution is 2.13. The van der Waals surface area contributed by atoms with Crippen LogP contribution in [0.3, 0.4) is 0 Å². The van der Waals surface area contributed by atoms with Gasteiger partial charge in [-0.25, -0.2) is 0 Å². The molecule has 0 aliphatic carbocycles. The normalized spacial score (nSPS) is 24.7. The molecule has 102 valence electrons. The number of hydrogen-bond acceptors (Lipinski definition) is 3. The van der Waals surface area contributed by atoms with Crippen molar-refractivity contribution in [1.29, 1.82) is 0 Å². The molecule has 2 amide bonds. The Morgan fingerprint density at radius 3 is 2.89 bits per heavy atom. The van der Waals surface area contributed by atoms with Crippen molar-refractivity contribution in [2.45, 2.75) is 38.1 Å². The van der Waals surface area contributed by atoms with Crippen LogP contribution in [0.2, 0.25) is 0 Å². The fourth-order valence-electron chi connectivity index (χ4n) is 2.77. The van der Waals surface area contributed by atoms with Crippen molar-refractivity contribution < 1.29 is 9.59 Å². The van der Waals surface area contributed by atoms with E-state index in [9.17, 15) is 9.59 Å². The Bertz CT molecular complexity index is 319. The minimum Gasteiger partial charge on any atom is -0.342 e. The first kappa shape index (κ1) is 13.3. The first-order chi connectivity index (χ1) is 8.70. The average Bonchev–Trinajstić information content (AvgIpc) is 2.81. The molecular formula is C13H23N3O2. The largest absolute Gasteiger partial charge is 0.342 e. The molecule has 2 heterocycles. The maximum absolute atomic E-state index is 12.1. The highest BCUT2D eigenvalue weighted by atomic mass is 16.2. The Balaban J connectivity index is 1.75. The number of rotatable bonds is 4. The van der Waals surface area contributed by atoms with Gasteiger partial charge in [0.25, 0.3) is 0 Å². The van der Waals surface area contributed by atoms with Crippen molar-refractivity contribution in [1.82, 2.24) is 15.1 Å². The predicted octanol–water partition coefficient (Wildman–Crippen LogP) is 0.209. The van der Waals surface area contributed by atoms with Crippen molar-refractivity contribution in [2.24, 2.45) is 0 Å². The molecule has 18 heavy (non-hydrogen) atoms. The predicted molar refractivity (Wildman–Crippen MR) is 69.1 cm³/mol. The van der Waals surface area contributed by atoms with E-state index >= 15 is 0 Å². The van der Waals surface area contributed by atoms with E-state index in [0.29, 0.717) is 25.4 Å². The number of nitrogens with one attached hydrogen (secondary N) is 1. The zero-order valence-electron chi connectivity index (χ0n) is 11.2. The Kier molecular flexibility index (Phi) is 4.58. The van der Waals surface area contributed by atoms with Gasteiger partial charge in [0.05, 0.1) is 0 Å². The molecule has 0 spiro atoms. The summed E-state index contributed by atoms with van der Waals surface area (Å²) < 4.78 is 0. The molecule has 2 rings (SSSR count). The van der Waals surface area contributed by atoms with Gasteiger partial charge >= 0.3 is 0 Å². The standard InChI is InChI=1S/C13H23N3O2/c1-14-11-4-2-8-16(10-11)13(18)6-9-15-7-3-5-12(15)17/h11,14H,2-10H2,1H3/t11-/m1/s1. The fraction of sp³-hybridized carbons (Fsp3) is 0.846. The highest BCUT2D eigenvalue weighted by molar-refractivity contribution is 5.80. The summed E-state index contributed by atoms with van der Waals surface area (Å²) in [6.07, 6.45) is 4.28. The molecule has 2 aliphatic heterocycles. The van der Waals surface area contributed by atoms with Gasteiger partial charge < -0.3 is 15.1 Å². The lowest BCUT2D eigenvalue weighted by atomic mass is 10.1. The Labute approximate surface area is 108 Å². The van der Waals surface area contributed by atoms with Crippen LogP contribution in [0.5, 0.6) is 0 Å². The molecule has 1 N–H and O–H groups in total. The number of piperidine rings is 1. The molecule has 0 aromatic heterocycles. The second-order valence-electron chi connectivity index (χ2n) is 5.20. The summed E-state index contributed by atoms with van der Waals surface area (Å²) >= 11 is 0. The molecule has 5 heteroatoms. The third-order valence-corrected chi connectivity index (χ3v) is 3.95. The molecule has 0 aromatic rings. The SMILES string of the molecule is CN[C@@H]1CCCN(C(=O)CCN2CCCC2=O)C1. The van der Waals surface area contributed by atoms with E-state index in [1.54, 1.807) is 0 Å². The molecule has 1 atom stereocenters. The van der Waals surface area contributed by atoms with Crippen LogP contribution in [0, 0.1) is 0 Å². The monoisotopic (exact) mass is 253 g/mol. The van der Waals surface area contributed by atoms with Crippen LogP contribution in [0.4, 0.5) is 0 Å². The van der Waals surface area contributed by atoms with Gasteiger partial charge in [-0.2, -0.15) is 0 Å². The molecule has 0 radical (unpaired) electrons. The van der Waals surface area contributed by atoms with Crippen LogP contribution in [-0.2, 0) is 9.59 Å². The lowest BCUT2D eigenvalue weighted by Gasteiger charge is -2.33. The van der Waals surface area contributed by atoms with E-state index in [4.69, 9.17) is 0 Å². The molecule has 2 saturated heterocycles. The molecular weight excluding hydrogens is 230 g/mol. The lowest BCUT2D eigenvalue weighted by Crippen LogP contribution is -2.47. The lowest BCUT2D eigenvalue weighted by molar-refractivity contribution is -0.134. The van der Waals surface area contributed by atoms with E-state index in [1.807, 2.05) is 16.8 Å². The number of carbonyl (C=O) groups is 2. The zero-order chi connectivity index (χ0) is 13.0. The molecule has 0 bridgehead atoms. The molecule has 2 fully saturated rings. The number of likely N-dealkylation sites (tertiary alicyclic amines) is 2. The van der Waals surface area contributed by atoms with Crippen molar-refractivity contribution in [3.05, 3.63) is 0 Å². The summed E-state index contributed by atoms with van der Waals surface area (Å²) in [5.74, 6) is 0.393. The fourth-order valence-corrected chi connectivity index (χ4v) is 2.77. The summed E-state index contributed by atoms with van der Waals surface area (Å²) in [4.78, 5) is 27.3. The Morgan fingerprint density at radius 2 is 2.22 bits per heavy atom. The van der Waals surface area contributed by atoms with E-state index in [2.05, 4.69) is 5.32 Å². The van der Waals surface area contributed by atoms with Gasteiger partial charge in [-0.15, -0.1) is 0 Å². The summed E-state index contributed by atoms with van der Waals surface area (Å²) in [5, 5.41) is 3.23. The third-order valence-electron chi connectivity index (χ3n) is 3.95. The first-order valence-corrected chi connectivity index (χ1v) is 6.93. The molecule has 0 unspecified atom stereocenters. The minimum atomic E-state index is 0.189. The Morgan fingerprint density at radius 1 is 1.39 bits per heavy atom. The second-order valence-corrected chi connectivity index (χ2v) is 5.20. The summed E-state index contributed by atoms with van der Waals surface area (Å²) in [6.45, 7) is 3.10. The van der Waals surface area contributed by atoms with Gasteiger partial charge in [-0.3, -0.25) is 9.59 Å². The molecule has 0 aromatic carbocycles. The maximum Gasteiger partial charge on any atom is 0.224 e. The summed E-state index contributed by atoms with van der Waals surface area (Å²) in [6, 6.07) is 0.427. The van der Waals surface area contributed by atoms with Gasteiger partial charge in [-0.1, -0.05) is 0 Å². The first-order valence-electron chi connectivity index (χ1n) is 6.93. The zero-order valence-corrected chi connectivity index (χ0v) is 11.2. The summed E-state index contributed by atoms with van der Waals surface area (Å²) in [7, 11) is 1.95. The van der Waals surface area contributed by atoms with Crippen LogP contribution in [0.25, 0.3) is 0 Å². The Hall–Kier alpha value is -1.10. The van der Waals surface area contributed by atoms with Crippen LogP contribution >= 0.6 is 0 Å². The minimum absolute atomic E-state index is 0.189. The number of hydrogen-bond donors (Lipinski definition) is 1. The van der Waals surface area contributed by atoms with Crippen LogP contribution in [-0.4, -0.2) is 60.9 Å². The van der Waals surface area contributed by atoms with Crippen LogP contribution in [0.15, 0.2) is 0 Å². The van der Waals surface area contributed by atoms with Gasteiger partial charge in [0.2, 0.25) is 11.8 Å². The van der Waals surface area contributed by atoms with Gasteiger partial charge in [0, 0.05) is 45.1 Å². The molecule has 0 saturated carbocycles. The number of amides is 2. The van der Waals surface area contributed by atoms with Crippen LogP contribution < -0.4 is 5.32 Å². The van der Waals surface area contributed by atoms with Crippen molar-refractivity contribution in [3.63, 3.8) is 0 Å². The van der Waals surface area contributed by atoms with Crippen LogP contribution in [0.1, 0.15) is 32.1 Å². The topological polar surface area (TPSA) is 52.7 Å². The second kappa shape index (κ2) is 6.18. The van der Waals surface area contributed by atoms with E-state index in [0.717, 1.165) is 38.9 Å². The van der Waals surface area contributed by atoms with Crippen molar-refractivity contribution in [2.75, 3.05) is 33.2 Å². The number of carbonyl (C=O) groups excluding carboxylic acids is 2. The highest BCUT2D eigenvalue weighted by Gasteiger charge is 2.24. The van der Waals surface area contributed by atoms with Gasteiger partial charge in [0.1, 0.15) is 0 Å². The van der Waals surface area contributed by atoms with Gasteiger partial charge in [-0.05, 0) is 26.3 Å². The quantitative estimate of drug-likeness (QED) is 0.779. The van der Waals surface area contributed by atoms with Crippen molar-refractivity contribution in [3.8, 4) is 0 Å².